The molecule has 0 aromatic heterocycles. The normalized spacial score (nSPS) is 30.6. The van der Waals surface area contributed by atoms with Gasteiger partial charge in [0.15, 0.2) is 0 Å². The Balaban J connectivity index is 2.00. The van der Waals surface area contributed by atoms with Gasteiger partial charge in [-0.25, -0.2) is 0 Å². The lowest BCUT2D eigenvalue weighted by molar-refractivity contribution is -0.192. The van der Waals surface area contributed by atoms with E-state index in [-0.39, 0.29) is 31.3 Å². The number of carbonyl (C=O) groups is 1. The van der Waals surface area contributed by atoms with Gasteiger partial charge in [-0.2, -0.15) is 13.2 Å². The van der Waals surface area contributed by atoms with E-state index in [1.165, 1.54) is 18.7 Å². The van der Waals surface area contributed by atoms with Crippen LogP contribution in [0.2, 0.25) is 0 Å². The first-order valence-electron chi connectivity index (χ1n) is 6.91. The van der Waals surface area contributed by atoms with Crippen LogP contribution in [0.1, 0.15) is 26.7 Å². The Bertz CT molecular complexity index is 365. The van der Waals surface area contributed by atoms with E-state index in [4.69, 9.17) is 4.74 Å². The number of hydrogen-bond acceptors (Lipinski definition) is 3. The number of carbonyl (C=O) groups excluding carboxylic acids is 1. The third-order valence-corrected chi connectivity index (χ3v) is 4.31. The molecule has 2 aliphatic heterocycles. The third-order valence-electron chi connectivity index (χ3n) is 4.31. The second kappa shape index (κ2) is 5.52. The Morgan fingerprint density at radius 3 is 2.65 bits per heavy atom. The second-order valence-electron chi connectivity index (χ2n) is 6.01. The van der Waals surface area contributed by atoms with Gasteiger partial charge in [0.05, 0.1) is 19.1 Å². The average Bonchev–Trinajstić information content (AvgIpc) is 2.65. The van der Waals surface area contributed by atoms with Crippen molar-refractivity contribution in [2.75, 3.05) is 26.3 Å². The second-order valence-corrected chi connectivity index (χ2v) is 6.01. The van der Waals surface area contributed by atoms with Gasteiger partial charge in [-0.15, -0.1) is 0 Å². The van der Waals surface area contributed by atoms with Gasteiger partial charge in [0.25, 0.3) is 0 Å². The number of amides is 1. The molecule has 0 aromatic carbocycles. The molecule has 116 valence electrons. The topological polar surface area (TPSA) is 41.6 Å². The predicted molar refractivity (Wildman–Crippen MR) is 67.2 cm³/mol. The molecular weight excluding hydrogens is 273 g/mol. The number of likely N-dealkylation sites (tertiary alicyclic amines) is 1. The molecule has 7 heteroatoms. The molecule has 0 spiro atoms. The van der Waals surface area contributed by atoms with Crippen LogP contribution < -0.4 is 5.32 Å². The van der Waals surface area contributed by atoms with Crippen LogP contribution in [0, 0.1) is 5.92 Å². The summed E-state index contributed by atoms with van der Waals surface area (Å²) in [4.78, 5) is 13.6. The average molecular weight is 294 g/mol. The molecule has 2 unspecified atom stereocenters. The highest BCUT2D eigenvalue weighted by atomic mass is 19.4. The number of rotatable bonds is 2. The van der Waals surface area contributed by atoms with E-state index in [1.54, 1.807) is 0 Å². The van der Waals surface area contributed by atoms with Crippen LogP contribution in [0.3, 0.4) is 0 Å². The van der Waals surface area contributed by atoms with Crippen LogP contribution in [0.5, 0.6) is 0 Å². The lowest BCUT2D eigenvalue weighted by Gasteiger charge is -2.37. The monoisotopic (exact) mass is 294 g/mol. The summed E-state index contributed by atoms with van der Waals surface area (Å²) in [6, 6.07) is -0.100. The van der Waals surface area contributed by atoms with Crippen LogP contribution in [0.15, 0.2) is 0 Å². The first-order chi connectivity index (χ1) is 9.23. The smallest absolute Gasteiger partial charge is 0.378 e. The van der Waals surface area contributed by atoms with Gasteiger partial charge >= 0.3 is 6.18 Å². The fourth-order valence-corrected chi connectivity index (χ4v) is 3.17. The lowest BCUT2D eigenvalue weighted by atomic mass is 9.87. The van der Waals surface area contributed by atoms with E-state index < -0.39 is 17.6 Å². The molecule has 0 saturated carbocycles. The minimum absolute atomic E-state index is 0.0170. The van der Waals surface area contributed by atoms with Crippen molar-refractivity contribution in [3.63, 3.8) is 0 Å². The summed E-state index contributed by atoms with van der Waals surface area (Å²) in [6.07, 6.45) is -4.09. The molecule has 0 aliphatic carbocycles. The zero-order valence-corrected chi connectivity index (χ0v) is 11.8. The molecule has 2 aliphatic rings. The van der Waals surface area contributed by atoms with Gasteiger partial charge in [0.1, 0.15) is 0 Å². The molecule has 2 rings (SSSR count). The first-order valence-corrected chi connectivity index (χ1v) is 6.91. The molecule has 20 heavy (non-hydrogen) atoms. The number of morpholine rings is 1. The Hall–Kier alpha value is -0.820. The van der Waals surface area contributed by atoms with E-state index in [2.05, 4.69) is 5.32 Å². The number of alkyl halides is 3. The molecule has 0 radical (unpaired) electrons. The summed E-state index contributed by atoms with van der Waals surface area (Å²) >= 11 is 0. The van der Waals surface area contributed by atoms with Gasteiger partial charge in [0.2, 0.25) is 5.91 Å². The molecule has 1 N–H and O–H groups in total. The number of ether oxygens (including phenoxy) is 1. The summed E-state index contributed by atoms with van der Waals surface area (Å²) < 4.78 is 44.2. The minimum Gasteiger partial charge on any atom is -0.378 e. The molecule has 2 saturated heterocycles. The maximum absolute atomic E-state index is 13.0. The summed E-state index contributed by atoms with van der Waals surface area (Å²) in [7, 11) is 0. The highest BCUT2D eigenvalue weighted by molar-refractivity contribution is 5.78. The summed E-state index contributed by atoms with van der Waals surface area (Å²) in [5.74, 6) is -1.68. The standard InChI is InChI=1S/C13H21F3N2O2/c1-12(2)10(13(14,15)16)3-5-18(12)11(19)7-9-8-20-6-4-17-9/h9-10,17H,3-8H2,1-2H3. The summed E-state index contributed by atoms with van der Waals surface area (Å²) in [6.45, 7) is 4.89. The van der Waals surface area contributed by atoms with Crippen LogP contribution in [-0.2, 0) is 9.53 Å². The van der Waals surface area contributed by atoms with Gasteiger partial charge in [-0.05, 0) is 20.3 Å². The van der Waals surface area contributed by atoms with Crippen molar-refractivity contribution in [3.8, 4) is 0 Å². The van der Waals surface area contributed by atoms with Crippen LogP contribution in [0.4, 0.5) is 13.2 Å². The summed E-state index contributed by atoms with van der Waals surface area (Å²) in [5, 5.41) is 3.15. The lowest BCUT2D eigenvalue weighted by Crippen LogP contribution is -2.52. The molecule has 0 aromatic rings. The van der Waals surface area contributed by atoms with Crippen molar-refractivity contribution in [2.45, 2.75) is 44.4 Å². The maximum atomic E-state index is 13.0. The van der Waals surface area contributed by atoms with Crippen molar-refractivity contribution in [1.29, 1.82) is 0 Å². The van der Waals surface area contributed by atoms with Crippen molar-refractivity contribution >= 4 is 5.91 Å². The van der Waals surface area contributed by atoms with Crippen LogP contribution >= 0.6 is 0 Å². The molecular formula is C13H21F3N2O2. The fraction of sp³-hybridized carbons (Fsp3) is 0.923. The Labute approximate surface area is 116 Å². The van der Waals surface area contributed by atoms with Crippen molar-refractivity contribution < 1.29 is 22.7 Å². The van der Waals surface area contributed by atoms with E-state index in [0.717, 1.165) is 0 Å². The van der Waals surface area contributed by atoms with E-state index in [9.17, 15) is 18.0 Å². The van der Waals surface area contributed by atoms with Gasteiger partial charge in [-0.3, -0.25) is 4.79 Å². The minimum atomic E-state index is -4.26. The molecule has 1 amide bonds. The van der Waals surface area contributed by atoms with Crippen molar-refractivity contribution in [2.24, 2.45) is 5.92 Å². The number of halogens is 3. The van der Waals surface area contributed by atoms with Crippen LogP contribution in [0.25, 0.3) is 0 Å². The number of hydrogen-bond donors (Lipinski definition) is 1. The molecule has 0 bridgehead atoms. The third kappa shape index (κ3) is 3.09. The SMILES string of the molecule is CC1(C)C(C(F)(F)F)CCN1C(=O)CC1COCCN1. The van der Waals surface area contributed by atoms with E-state index in [1.807, 2.05) is 0 Å². The van der Waals surface area contributed by atoms with Gasteiger partial charge in [0, 0.05) is 31.1 Å². The van der Waals surface area contributed by atoms with E-state index in [0.29, 0.717) is 19.8 Å². The summed E-state index contributed by atoms with van der Waals surface area (Å²) in [5.41, 5.74) is -1.18. The predicted octanol–water partition coefficient (Wildman–Crippen LogP) is 1.55. The maximum Gasteiger partial charge on any atom is 0.394 e. The molecule has 2 atom stereocenters. The Kier molecular flexibility index (Phi) is 4.30. The van der Waals surface area contributed by atoms with Crippen molar-refractivity contribution in [1.82, 2.24) is 10.2 Å². The number of nitrogens with one attached hydrogen (secondary N) is 1. The first kappa shape index (κ1) is 15.6. The Morgan fingerprint density at radius 2 is 2.15 bits per heavy atom. The zero-order chi connectivity index (χ0) is 15.0. The quantitative estimate of drug-likeness (QED) is 0.840. The zero-order valence-electron chi connectivity index (χ0n) is 11.8. The molecule has 2 fully saturated rings. The van der Waals surface area contributed by atoms with Crippen LogP contribution in [-0.4, -0.2) is 54.9 Å². The number of nitrogens with zero attached hydrogens (tertiary/aromatic N) is 1. The highest BCUT2D eigenvalue weighted by Crippen LogP contribution is 2.44. The van der Waals surface area contributed by atoms with Gasteiger partial charge < -0.3 is 15.0 Å². The Morgan fingerprint density at radius 1 is 1.45 bits per heavy atom. The molecule has 2 heterocycles. The van der Waals surface area contributed by atoms with E-state index >= 15 is 0 Å². The molecule has 4 nitrogen and oxygen atoms in total. The largest absolute Gasteiger partial charge is 0.394 e. The fourth-order valence-electron chi connectivity index (χ4n) is 3.17. The highest BCUT2D eigenvalue weighted by Gasteiger charge is 2.56. The van der Waals surface area contributed by atoms with Gasteiger partial charge in [-0.1, -0.05) is 0 Å². The van der Waals surface area contributed by atoms with Crippen molar-refractivity contribution in [3.05, 3.63) is 0 Å².